The van der Waals surface area contributed by atoms with Gasteiger partial charge in [0.1, 0.15) is 23.7 Å². The van der Waals surface area contributed by atoms with Gasteiger partial charge in [-0.25, -0.2) is 9.18 Å². The maximum atomic E-state index is 12.9. The van der Waals surface area contributed by atoms with Gasteiger partial charge in [-0.15, -0.1) is 0 Å². The second-order valence-electron chi connectivity index (χ2n) is 7.91. The smallest absolute Gasteiger partial charge is 0.344 e. The van der Waals surface area contributed by atoms with Gasteiger partial charge in [-0.2, -0.15) is 5.01 Å². The van der Waals surface area contributed by atoms with Crippen LogP contribution in [-0.2, 0) is 9.59 Å². The molecule has 1 aromatic carbocycles. The second-order valence-corrected chi connectivity index (χ2v) is 7.91. The number of hydrogen-bond acceptors (Lipinski definition) is 5. The van der Waals surface area contributed by atoms with E-state index in [0.717, 1.165) is 17.9 Å². The minimum atomic E-state index is -0.883. The summed E-state index contributed by atoms with van der Waals surface area (Å²) in [4.78, 5) is 39.0. The van der Waals surface area contributed by atoms with Crippen molar-refractivity contribution in [1.29, 1.82) is 0 Å². The monoisotopic (exact) mass is 406 g/mol. The van der Waals surface area contributed by atoms with Crippen molar-refractivity contribution in [1.82, 2.24) is 20.7 Å². The Labute approximate surface area is 169 Å². The highest BCUT2D eigenvalue weighted by Gasteiger charge is 2.52. The summed E-state index contributed by atoms with van der Waals surface area (Å²) in [6, 6.07) is 5.10. The Morgan fingerprint density at radius 3 is 2.62 bits per heavy atom. The molecule has 1 spiro atoms. The number of urea groups is 1. The highest BCUT2D eigenvalue weighted by atomic mass is 19.1. The lowest BCUT2D eigenvalue weighted by molar-refractivity contribution is -0.140. The van der Waals surface area contributed by atoms with Crippen LogP contribution in [0.5, 0.6) is 5.75 Å². The average molecular weight is 406 g/mol. The molecule has 2 aliphatic rings. The Morgan fingerprint density at radius 1 is 1.31 bits per heavy atom. The number of amides is 4. The fraction of sp³-hybridized carbons (Fsp3) is 0.550. The lowest BCUT2D eigenvalue weighted by Gasteiger charge is -2.33. The second kappa shape index (κ2) is 8.77. The Morgan fingerprint density at radius 2 is 1.97 bits per heavy atom. The number of hydrazine groups is 1. The largest absolute Gasteiger partial charge is 0.492 e. The highest BCUT2D eigenvalue weighted by Crippen LogP contribution is 2.35. The van der Waals surface area contributed by atoms with Crippen LogP contribution in [0.15, 0.2) is 24.3 Å². The Bertz CT molecular complexity index is 762. The van der Waals surface area contributed by atoms with Gasteiger partial charge in [-0.1, -0.05) is 6.92 Å². The van der Waals surface area contributed by atoms with E-state index in [1.165, 1.54) is 24.3 Å². The van der Waals surface area contributed by atoms with E-state index in [4.69, 9.17) is 4.74 Å². The number of ether oxygens (including phenoxy) is 1. The van der Waals surface area contributed by atoms with E-state index in [0.29, 0.717) is 37.7 Å². The molecule has 1 aromatic rings. The molecule has 9 heteroatoms. The SMILES string of the molecule is CC1CCC2(CC1)NC(=O)N(NC(=O)CN(C)CCOc1ccc(F)cc1)C2=O. The number of benzene rings is 1. The third kappa shape index (κ3) is 5.03. The zero-order valence-electron chi connectivity index (χ0n) is 16.7. The number of carbonyl (C=O) groups is 3. The Hall–Kier alpha value is -2.68. The molecule has 158 valence electrons. The number of hydrogen-bond donors (Lipinski definition) is 2. The summed E-state index contributed by atoms with van der Waals surface area (Å²) in [6.45, 7) is 2.86. The van der Waals surface area contributed by atoms with Gasteiger partial charge in [0.15, 0.2) is 0 Å². The first-order valence-corrected chi connectivity index (χ1v) is 9.82. The van der Waals surface area contributed by atoms with Crippen molar-refractivity contribution in [2.24, 2.45) is 5.92 Å². The molecule has 8 nitrogen and oxygen atoms in total. The third-order valence-corrected chi connectivity index (χ3v) is 5.50. The van der Waals surface area contributed by atoms with Crippen molar-refractivity contribution in [3.8, 4) is 5.75 Å². The number of nitrogens with one attached hydrogen (secondary N) is 2. The van der Waals surface area contributed by atoms with E-state index in [1.807, 2.05) is 0 Å². The molecule has 0 bridgehead atoms. The van der Waals surface area contributed by atoms with Gasteiger partial charge in [0.25, 0.3) is 11.8 Å². The van der Waals surface area contributed by atoms with Crippen molar-refractivity contribution in [3.63, 3.8) is 0 Å². The van der Waals surface area contributed by atoms with E-state index < -0.39 is 17.5 Å². The van der Waals surface area contributed by atoms with Gasteiger partial charge < -0.3 is 10.1 Å². The number of rotatable bonds is 7. The summed E-state index contributed by atoms with van der Waals surface area (Å²) in [5, 5.41) is 3.57. The Balaban J connectivity index is 1.44. The van der Waals surface area contributed by atoms with Crippen LogP contribution >= 0.6 is 0 Å². The van der Waals surface area contributed by atoms with Gasteiger partial charge in [0.2, 0.25) is 0 Å². The summed E-state index contributed by atoms with van der Waals surface area (Å²) >= 11 is 0. The van der Waals surface area contributed by atoms with E-state index >= 15 is 0 Å². The molecule has 1 aliphatic carbocycles. The molecule has 0 aromatic heterocycles. The molecule has 0 atom stereocenters. The quantitative estimate of drug-likeness (QED) is 0.672. The van der Waals surface area contributed by atoms with Gasteiger partial charge in [0.05, 0.1) is 6.54 Å². The third-order valence-electron chi connectivity index (χ3n) is 5.50. The number of likely N-dealkylation sites (N-methyl/N-ethyl adjacent to an activating group) is 1. The fourth-order valence-corrected chi connectivity index (χ4v) is 3.65. The summed E-state index contributed by atoms with van der Waals surface area (Å²) in [6.07, 6.45) is 2.91. The number of carbonyl (C=O) groups excluding carboxylic acids is 3. The first kappa shape index (κ1) is 21.0. The number of nitrogens with zero attached hydrogens (tertiary/aromatic N) is 2. The topological polar surface area (TPSA) is 91.0 Å². The summed E-state index contributed by atoms with van der Waals surface area (Å²) < 4.78 is 18.4. The van der Waals surface area contributed by atoms with Gasteiger partial charge >= 0.3 is 6.03 Å². The van der Waals surface area contributed by atoms with Crippen LogP contribution in [0, 0.1) is 11.7 Å². The summed E-state index contributed by atoms with van der Waals surface area (Å²) in [5.74, 6) is -0.115. The lowest BCUT2D eigenvalue weighted by Crippen LogP contribution is -2.52. The van der Waals surface area contributed by atoms with Gasteiger partial charge in [0, 0.05) is 6.54 Å². The van der Waals surface area contributed by atoms with Crippen LogP contribution in [0.25, 0.3) is 0 Å². The first-order chi connectivity index (χ1) is 13.8. The van der Waals surface area contributed by atoms with Crippen LogP contribution in [-0.4, -0.2) is 60.0 Å². The molecule has 1 saturated heterocycles. The van der Waals surface area contributed by atoms with Crippen molar-refractivity contribution in [2.45, 2.75) is 38.1 Å². The molecule has 0 radical (unpaired) electrons. The molecule has 3 rings (SSSR count). The van der Waals surface area contributed by atoms with Crippen LogP contribution in [0.2, 0.25) is 0 Å². The van der Waals surface area contributed by atoms with Crippen LogP contribution < -0.4 is 15.5 Å². The molecule has 29 heavy (non-hydrogen) atoms. The minimum absolute atomic E-state index is 0.00608. The summed E-state index contributed by atoms with van der Waals surface area (Å²) in [7, 11) is 1.73. The first-order valence-electron chi connectivity index (χ1n) is 9.82. The molecule has 1 heterocycles. The molecule has 4 amide bonds. The molecule has 2 N–H and O–H groups in total. The maximum Gasteiger partial charge on any atom is 0.344 e. The van der Waals surface area contributed by atoms with Crippen LogP contribution in [0.1, 0.15) is 32.6 Å². The zero-order valence-corrected chi connectivity index (χ0v) is 16.7. The predicted octanol–water partition coefficient (Wildman–Crippen LogP) is 1.67. The van der Waals surface area contributed by atoms with Crippen LogP contribution in [0.3, 0.4) is 0 Å². The molecule has 1 saturated carbocycles. The normalized spacial score (nSPS) is 24.1. The summed E-state index contributed by atoms with van der Waals surface area (Å²) in [5.41, 5.74) is 1.53. The lowest BCUT2D eigenvalue weighted by atomic mass is 9.77. The number of halogens is 1. The van der Waals surface area contributed by atoms with Gasteiger partial charge in [-0.05, 0) is 62.9 Å². The van der Waals surface area contributed by atoms with Gasteiger partial charge in [-0.3, -0.25) is 19.9 Å². The Kier molecular flexibility index (Phi) is 6.36. The average Bonchev–Trinajstić information content (AvgIpc) is 2.90. The van der Waals surface area contributed by atoms with E-state index in [1.54, 1.807) is 11.9 Å². The highest BCUT2D eigenvalue weighted by molar-refractivity contribution is 6.08. The zero-order chi connectivity index (χ0) is 21.0. The van der Waals surface area contributed by atoms with E-state index in [-0.39, 0.29) is 18.3 Å². The van der Waals surface area contributed by atoms with Crippen molar-refractivity contribution < 1.29 is 23.5 Å². The molecular weight excluding hydrogens is 379 g/mol. The predicted molar refractivity (Wildman–Crippen MR) is 103 cm³/mol. The maximum absolute atomic E-state index is 12.9. The van der Waals surface area contributed by atoms with Crippen LogP contribution in [0.4, 0.5) is 9.18 Å². The minimum Gasteiger partial charge on any atom is -0.492 e. The van der Waals surface area contributed by atoms with Crippen molar-refractivity contribution >= 4 is 17.8 Å². The fourth-order valence-electron chi connectivity index (χ4n) is 3.65. The standard InChI is InChI=1S/C20H27FN4O4/c1-14-7-9-20(10-8-14)18(27)25(19(28)22-20)23-17(26)13-24(2)11-12-29-16-5-3-15(21)4-6-16/h3-6,14H,7-13H2,1-2H3,(H,22,28)(H,23,26). The molecule has 2 fully saturated rings. The van der Waals surface area contributed by atoms with Crippen molar-refractivity contribution in [2.75, 3.05) is 26.7 Å². The number of imide groups is 1. The molecular formula is C20H27FN4O4. The van der Waals surface area contributed by atoms with E-state index in [2.05, 4.69) is 17.7 Å². The van der Waals surface area contributed by atoms with Crippen molar-refractivity contribution in [3.05, 3.63) is 30.1 Å². The molecule has 1 aliphatic heterocycles. The van der Waals surface area contributed by atoms with E-state index in [9.17, 15) is 18.8 Å². The molecule has 0 unspecified atom stereocenters.